The van der Waals surface area contributed by atoms with E-state index >= 15 is 0 Å². The molecule has 1 aromatic heterocycles. The molecule has 0 fully saturated rings. The summed E-state index contributed by atoms with van der Waals surface area (Å²) in [5.41, 5.74) is 8.02. The second-order valence-corrected chi connectivity index (χ2v) is 8.22. The van der Waals surface area contributed by atoms with Crippen molar-refractivity contribution in [1.82, 2.24) is 15.8 Å². The first-order chi connectivity index (χ1) is 16.6. The van der Waals surface area contributed by atoms with Gasteiger partial charge in [0.2, 0.25) is 5.91 Å². The number of ether oxygens (including phenoxy) is 2. The standard InChI is InChI=1S/C27H33N3O4/c1-4-5-7-13-20(19-11-8-6-9-12-19)18-24(31)29-30-26(32)22-15-16-23(27(33-2)34-3)25-21(22)14-10-17-28-25/h6,8-12,14-17,20,27H,4-5,7,13,18H2,1-3H3,(H,29,31)(H,30,32). The molecular weight excluding hydrogens is 430 g/mol. The van der Waals surface area contributed by atoms with Crippen LogP contribution in [0.25, 0.3) is 10.9 Å². The van der Waals surface area contributed by atoms with E-state index in [0.29, 0.717) is 22.9 Å². The van der Waals surface area contributed by atoms with Gasteiger partial charge in [-0.1, -0.05) is 68.7 Å². The van der Waals surface area contributed by atoms with Gasteiger partial charge >= 0.3 is 0 Å². The third-order valence-corrected chi connectivity index (χ3v) is 5.90. The maximum absolute atomic E-state index is 12.9. The Morgan fingerprint density at radius 1 is 0.941 bits per heavy atom. The fourth-order valence-corrected chi connectivity index (χ4v) is 4.15. The molecule has 2 aromatic carbocycles. The van der Waals surface area contributed by atoms with Crippen LogP contribution in [0.2, 0.25) is 0 Å². The minimum absolute atomic E-state index is 0.106. The number of carbonyl (C=O) groups is 2. The molecule has 34 heavy (non-hydrogen) atoms. The highest BCUT2D eigenvalue weighted by Gasteiger charge is 2.20. The van der Waals surface area contributed by atoms with Gasteiger partial charge in [-0.3, -0.25) is 25.4 Å². The summed E-state index contributed by atoms with van der Waals surface area (Å²) in [6, 6.07) is 17.1. The number of nitrogens with one attached hydrogen (secondary N) is 2. The smallest absolute Gasteiger partial charge is 0.270 e. The van der Waals surface area contributed by atoms with Crippen molar-refractivity contribution in [1.29, 1.82) is 0 Å². The van der Waals surface area contributed by atoms with Crippen molar-refractivity contribution in [3.8, 4) is 0 Å². The van der Waals surface area contributed by atoms with Gasteiger partial charge in [0.15, 0.2) is 6.29 Å². The number of benzene rings is 2. The Balaban J connectivity index is 1.70. The van der Waals surface area contributed by atoms with Crippen LogP contribution < -0.4 is 10.9 Å². The van der Waals surface area contributed by atoms with E-state index < -0.39 is 12.2 Å². The zero-order chi connectivity index (χ0) is 24.3. The van der Waals surface area contributed by atoms with Gasteiger partial charge in [0.25, 0.3) is 5.91 Å². The van der Waals surface area contributed by atoms with Gasteiger partial charge in [-0.15, -0.1) is 0 Å². The van der Waals surface area contributed by atoms with Crippen LogP contribution >= 0.6 is 0 Å². The largest absolute Gasteiger partial charge is 0.352 e. The highest BCUT2D eigenvalue weighted by molar-refractivity contribution is 6.07. The van der Waals surface area contributed by atoms with Gasteiger partial charge < -0.3 is 9.47 Å². The number of hydrazine groups is 1. The first-order valence-corrected chi connectivity index (χ1v) is 11.7. The van der Waals surface area contributed by atoms with Gasteiger partial charge in [0, 0.05) is 37.8 Å². The summed E-state index contributed by atoms with van der Waals surface area (Å²) in [5.74, 6) is -0.530. The summed E-state index contributed by atoms with van der Waals surface area (Å²) in [5, 5.41) is 0.646. The lowest BCUT2D eigenvalue weighted by Crippen LogP contribution is -2.42. The van der Waals surface area contributed by atoms with Crippen LogP contribution in [0.3, 0.4) is 0 Å². The molecular formula is C27H33N3O4. The minimum Gasteiger partial charge on any atom is -0.352 e. The molecule has 3 aromatic rings. The van der Waals surface area contributed by atoms with Crippen molar-refractivity contribution in [2.24, 2.45) is 0 Å². The Kier molecular flexibility index (Phi) is 9.55. The van der Waals surface area contributed by atoms with Crippen LogP contribution in [0.15, 0.2) is 60.8 Å². The molecule has 180 valence electrons. The number of pyridine rings is 1. The molecule has 0 radical (unpaired) electrons. The van der Waals surface area contributed by atoms with E-state index in [1.54, 1.807) is 38.6 Å². The molecule has 3 rings (SSSR count). The predicted molar refractivity (Wildman–Crippen MR) is 132 cm³/mol. The highest BCUT2D eigenvalue weighted by atomic mass is 16.7. The van der Waals surface area contributed by atoms with Gasteiger partial charge in [-0.25, -0.2) is 0 Å². The molecule has 0 aliphatic rings. The molecule has 0 bridgehead atoms. The van der Waals surface area contributed by atoms with Crippen LogP contribution in [0.1, 0.15) is 72.7 Å². The van der Waals surface area contributed by atoms with Crippen LogP contribution in [0.4, 0.5) is 0 Å². The maximum Gasteiger partial charge on any atom is 0.270 e. The average molecular weight is 464 g/mol. The Morgan fingerprint density at radius 2 is 1.71 bits per heavy atom. The minimum atomic E-state index is -0.600. The monoisotopic (exact) mass is 463 g/mol. The van der Waals surface area contributed by atoms with Gasteiger partial charge in [-0.05, 0) is 30.0 Å². The van der Waals surface area contributed by atoms with Crippen molar-refractivity contribution in [3.63, 3.8) is 0 Å². The number of hydrogen-bond donors (Lipinski definition) is 2. The summed E-state index contributed by atoms with van der Waals surface area (Å²) >= 11 is 0. The van der Waals surface area contributed by atoms with Gasteiger partial charge in [0.05, 0.1) is 11.1 Å². The quantitative estimate of drug-likeness (QED) is 0.236. The molecule has 2 amide bonds. The second kappa shape index (κ2) is 12.8. The molecule has 0 saturated heterocycles. The lowest BCUT2D eigenvalue weighted by Gasteiger charge is -2.18. The summed E-state index contributed by atoms with van der Waals surface area (Å²) < 4.78 is 10.7. The van der Waals surface area contributed by atoms with Crippen molar-refractivity contribution in [3.05, 3.63) is 77.5 Å². The van der Waals surface area contributed by atoms with E-state index in [-0.39, 0.29) is 11.8 Å². The molecule has 0 aliphatic heterocycles. The van der Waals surface area contributed by atoms with Crippen molar-refractivity contribution in [2.45, 2.75) is 51.2 Å². The Bertz CT molecular complexity index is 1080. The first-order valence-electron chi connectivity index (χ1n) is 11.7. The third kappa shape index (κ3) is 6.40. The van der Waals surface area contributed by atoms with Crippen LogP contribution in [0.5, 0.6) is 0 Å². The van der Waals surface area contributed by atoms with Crippen molar-refractivity contribution >= 4 is 22.7 Å². The molecule has 2 N–H and O–H groups in total. The fraction of sp³-hybridized carbons (Fsp3) is 0.370. The molecule has 0 spiro atoms. The lowest BCUT2D eigenvalue weighted by atomic mass is 9.90. The third-order valence-electron chi connectivity index (χ3n) is 5.90. The Labute approximate surface area is 200 Å². The SMILES string of the molecule is CCCCCC(CC(=O)NNC(=O)c1ccc(C(OC)OC)c2ncccc12)c1ccccc1. The number of unbranched alkanes of at least 4 members (excludes halogenated alkanes) is 2. The zero-order valence-corrected chi connectivity index (χ0v) is 20.0. The summed E-state index contributed by atoms with van der Waals surface area (Å²) in [6.45, 7) is 2.16. The highest BCUT2D eigenvalue weighted by Crippen LogP contribution is 2.28. The Hall–Kier alpha value is -3.29. The predicted octanol–water partition coefficient (Wildman–Crippen LogP) is 5.04. The topological polar surface area (TPSA) is 89.6 Å². The van der Waals surface area contributed by atoms with E-state index in [9.17, 15) is 9.59 Å². The molecule has 0 saturated carbocycles. The summed E-state index contributed by atoms with van der Waals surface area (Å²) in [6.07, 6.45) is 5.60. The van der Waals surface area contributed by atoms with E-state index in [1.807, 2.05) is 24.3 Å². The normalized spacial score (nSPS) is 12.0. The molecule has 1 unspecified atom stereocenters. The van der Waals surface area contributed by atoms with Crippen molar-refractivity contribution < 1.29 is 19.1 Å². The molecule has 1 heterocycles. The summed E-state index contributed by atoms with van der Waals surface area (Å²) in [4.78, 5) is 30.1. The second-order valence-electron chi connectivity index (χ2n) is 8.22. The van der Waals surface area contributed by atoms with E-state index in [2.05, 4.69) is 34.9 Å². The number of aromatic nitrogens is 1. The number of rotatable bonds is 11. The van der Waals surface area contributed by atoms with Crippen LogP contribution in [-0.4, -0.2) is 31.0 Å². The number of methoxy groups -OCH3 is 2. The average Bonchev–Trinajstić information content (AvgIpc) is 2.88. The molecule has 7 heteroatoms. The molecule has 0 aliphatic carbocycles. The Morgan fingerprint density at radius 3 is 2.41 bits per heavy atom. The van der Waals surface area contributed by atoms with E-state index in [4.69, 9.17) is 9.47 Å². The lowest BCUT2D eigenvalue weighted by molar-refractivity contribution is -0.122. The number of fused-ring (bicyclic) bond motifs is 1. The van der Waals surface area contributed by atoms with Crippen molar-refractivity contribution in [2.75, 3.05) is 14.2 Å². The molecule has 1 atom stereocenters. The zero-order valence-electron chi connectivity index (χ0n) is 20.0. The number of hydrogen-bond acceptors (Lipinski definition) is 5. The number of carbonyl (C=O) groups excluding carboxylic acids is 2. The van der Waals surface area contributed by atoms with Crippen LogP contribution in [-0.2, 0) is 14.3 Å². The maximum atomic E-state index is 12.9. The first kappa shape index (κ1) is 25.3. The van der Waals surface area contributed by atoms with Gasteiger partial charge in [0.1, 0.15) is 0 Å². The van der Waals surface area contributed by atoms with Crippen LogP contribution in [0, 0.1) is 0 Å². The fourth-order valence-electron chi connectivity index (χ4n) is 4.15. The van der Waals surface area contributed by atoms with E-state index in [1.165, 1.54) is 0 Å². The molecule has 7 nitrogen and oxygen atoms in total. The number of nitrogens with zero attached hydrogens (tertiary/aromatic N) is 1. The van der Waals surface area contributed by atoms with E-state index in [0.717, 1.165) is 36.8 Å². The number of amides is 2. The summed E-state index contributed by atoms with van der Waals surface area (Å²) in [7, 11) is 3.09. The van der Waals surface area contributed by atoms with Gasteiger partial charge in [-0.2, -0.15) is 0 Å².